The molecule has 0 radical (unpaired) electrons. The normalized spacial score (nSPS) is 12.8. The van der Waals surface area contributed by atoms with E-state index in [1.807, 2.05) is 12.3 Å². The zero-order valence-corrected chi connectivity index (χ0v) is 10.1. The molecule has 2 aromatic rings. The Balaban J connectivity index is 2.42. The maximum atomic E-state index is 12.9. The van der Waals surface area contributed by atoms with Crippen molar-refractivity contribution in [3.8, 4) is 11.3 Å². The number of nitrogens with two attached hydrogens (primary N) is 1. The lowest BCUT2D eigenvalue weighted by Gasteiger charge is -2.01. The third-order valence-corrected chi connectivity index (χ3v) is 3.48. The van der Waals surface area contributed by atoms with Crippen molar-refractivity contribution in [2.75, 3.05) is 0 Å². The molecule has 0 saturated heterocycles. The first-order valence-electron chi connectivity index (χ1n) is 4.74. The summed E-state index contributed by atoms with van der Waals surface area (Å²) >= 11 is 7.42. The summed E-state index contributed by atoms with van der Waals surface area (Å²) in [6.07, 6.45) is 0. The molecule has 0 aliphatic heterocycles. The van der Waals surface area contributed by atoms with Crippen molar-refractivity contribution in [2.45, 2.75) is 13.0 Å². The SMILES string of the molecule is CC(N)c1nc(-c2ccc(F)cc2Cl)cs1. The minimum atomic E-state index is -0.351. The van der Waals surface area contributed by atoms with Crippen LogP contribution >= 0.6 is 22.9 Å². The fraction of sp³-hybridized carbons (Fsp3) is 0.182. The molecule has 2 rings (SSSR count). The molecule has 0 aliphatic carbocycles. The van der Waals surface area contributed by atoms with E-state index in [2.05, 4.69) is 4.98 Å². The Morgan fingerprint density at radius 2 is 2.25 bits per heavy atom. The smallest absolute Gasteiger partial charge is 0.124 e. The number of nitrogens with zero attached hydrogens (tertiary/aromatic N) is 1. The van der Waals surface area contributed by atoms with Gasteiger partial charge in [0.2, 0.25) is 0 Å². The Morgan fingerprint density at radius 1 is 1.50 bits per heavy atom. The van der Waals surface area contributed by atoms with Gasteiger partial charge < -0.3 is 5.73 Å². The summed E-state index contributed by atoms with van der Waals surface area (Å²) < 4.78 is 12.9. The molecule has 5 heteroatoms. The van der Waals surface area contributed by atoms with Crippen LogP contribution in [0.3, 0.4) is 0 Å². The van der Waals surface area contributed by atoms with Crippen LogP contribution in [0.1, 0.15) is 18.0 Å². The summed E-state index contributed by atoms with van der Waals surface area (Å²) in [7, 11) is 0. The van der Waals surface area contributed by atoms with E-state index in [0.29, 0.717) is 5.02 Å². The van der Waals surface area contributed by atoms with Gasteiger partial charge in [0, 0.05) is 10.9 Å². The van der Waals surface area contributed by atoms with Gasteiger partial charge >= 0.3 is 0 Å². The van der Waals surface area contributed by atoms with Crippen molar-refractivity contribution in [1.29, 1.82) is 0 Å². The highest BCUT2D eigenvalue weighted by Gasteiger charge is 2.10. The van der Waals surface area contributed by atoms with Gasteiger partial charge in [0.15, 0.2) is 0 Å². The van der Waals surface area contributed by atoms with Crippen LogP contribution in [0.25, 0.3) is 11.3 Å². The van der Waals surface area contributed by atoms with Crippen LogP contribution in [0, 0.1) is 5.82 Å². The Labute approximate surface area is 102 Å². The molecule has 2 nitrogen and oxygen atoms in total. The van der Waals surface area contributed by atoms with Gasteiger partial charge in [0.25, 0.3) is 0 Å². The van der Waals surface area contributed by atoms with E-state index < -0.39 is 0 Å². The first kappa shape index (κ1) is 11.5. The predicted octanol–water partition coefficient (Wildman–Crippen LogP) is 3.62. The third kappa shape index (κ3) is 2.24. The molecule has 1 unspecified atom stereocenters. The molecule has 0 aliphatic rings. The lowest BCUT2D eigenvalue weighted by atomic mass is 10.2. The molecule has 1 aromatic heterocycles. The zero-order chi connectivity index (χ0) is 11.7. The van der Waals surface area contributed by atoms with E-state index in [0.717, 1.165) is 16.3 Å². The predicted molar refractivity (Wildman–Crippen MR) is 65.1 cm³/mol. The summed E-state index contributed by atoms with van der Waals surface area (Å²) in [4.78, 5) is 4.36. The second kappa shape index (κ2) is 4.49. The van der Waals surface area contributed by atoms with Gasteiger partial charge in [-0.25, -0.2) is 9.37 Å². The van der Waals surface area contributed by atoms with Gasteiger partial charge in [-0.15, -0.1) is 11.3 Å². The molecule has 1 heterocycles. The lowest BCUT2D eigenvalue weighted by Crippen LogP contribution is -2.03. The molecule has 0 amide bonds. The van der Waals surface area contributed by atoms with Crippen LogP contribution in [0.4, 0.5) is 4.39 Å². The number of benzene rings is 1. The molecule has 0 fully saturated rings. The Hall–Kier alpha value is -0.970. The van der Waals surface area contributed by atoms with E-state index in [1.54, 1.807) is 6.07 Å². The van der Waals surface area contributed by atoms with Gasteiger partial charge in [-0.2, -0.15) is 0 Å². The standard InChI is InChI=1S/C11H10ClFN2S/c1-6(14)11-15-10(5-16-11)8-3-2-7(13)4-9(8)12/h2-6H,14H2,1H3. The zero-order valence-electron chi connectivity index (χ0n) is 8.58. The van der Waals surface area contributed by atoms with Gasteiger partial charge in [0.05, 0.1) is 16.8 Å². The van der Waals surface area contributed by atoms with E-state index >= 15 is 0 Å². The van der Waals surface area contributed by atoms with E-state index in [1.165, 1.54) is 23.5 Å². The van der Waals surface area contributed by atoms with Gasteiger partial charge in [0.1, 0.15) is 10.8 Å². The van der Waals surface area contributed by atoms with E-state index in [-0.39, 0.29) is 11.9 Å². The topological polar surface area (TPSA) is 38.9 Å². The molecule has 0 bridgehead atoms. The number of aromatic nitrogens is 1. The Morgan fingerprint density at radius 3 is 2.81 bits per heavy atom. The van der Waals surface area contributed by atoms with Gasteiger partial charge in [-0.3, -0.25) is 0 Å². The van der Waals surface area contributed by atoms with Crippen molar-refractivity contribution in [1.82, 2.24) is 4.98 Å². The van der Waals surface area contributed by atoms with Crippen molar-refractivity contribution in [2.24, 2.45) is 5.73 Å². The molecule has 2 N–H and O–H groups in total. The maximum absolute atomic E-state index is 12.9. The van der Waals surface area contributed by atoms with E-state index in [9.17, 15) is 4.39 Å². The summed E-state index contributed by atoms with van der Waals surface area (Å²) in [6, 6.07) is 4.17. The fourth-order valence-electron chi connectivity index (χ4n) is 1.32. The molecule has 16 heavy (non-hydrogen) atoms. The lowest BCUT2D eigenvalue weighted by molar-refractivity contribution is 0.628. The second-order valence-electron chi connectivity index (χ2n) is 3.48. The highest BCUT2D eigenvalue weighted by atomic mass is 35.5. The molecular weight excluding hydrogens is 247 g/mol. The van der Waals surface area contributed by atoms with Gasteiger partial charge in [-0.1, -0.05) is 11.6 Å². The van der Waals surface area contributed by atoms with Crippen molar-refractivity contribution >= 4 is 22.9 Å². The first-order valence-corrected chi connectivity index (χ1v) is 6.00. The van der Waals surface area contributed by atoms with Crippen LogP contribution in [-0.4, -0.2) is 4.98 Å². The van der Waals surface area contributed by atoms with Crippen LogP contribution in [0.15, 0.2) is 23.6 Å². The number of rotatable bonds is 2. The summed E-state index contributed by atoms with van der Waals surface area (Å²) in [5.41, 5.74) is 7.19. The minimum absolute atomic E-state index is 0.0991. The molecule has 84 valence electrons. The monoisotopic (exact) mass is 256 g/mol. The largest absolute Gasteiger partial charge is 0.322 e. The molecular formula is C11H10ClFN2S. The molecule has 1 atom stereocenters. The number of hydrogen-bond acceptors (Lipinski definition) is 3. The third-order valence-electron chi connectivity index (χ3n) is 2.12. The maximum Gasteiger partial charge on any atom is 0.124 e. The average Bonchev–Trinajstić information content (AvgIpc) is 2.66. The van der Waals surface area contributed by atoms with Gasteiger partial charge in [-0.05, 0) is 25.1 Å². The molecule has 1 aromatic carbocycles. The second-order valence-corrected chi connectivity index (χ2v) is 4.78. The van der Waals surface area contributed by atoms with Crippen molar-refractivity contribution in [3.05, 3.63) is 39.4 Å². The summed E-state index contributed by atoms with van der Waals surface area (Å²) in [5, 5.41) is 3.08. The Bertz CT molecular complexity index is 510. The quantitative estimate of drug-likeness (QED) is 0.891. The van der Waals surface area contributed by atoms with E-state index in [4.69, 9.17) is 17.3 Å². The van der Waals surface area contributed by atoms with Crippen molar-refractivity contribution in [3.63, 3.8) is 0 Å². The number of halogens is 2. The van der Waals surface area contributed by atoms with Crippen LogP contribution < -0.4 is 5.73 Å². The Kier molecular flexibility index (Phi) is 3.23. The first-order chi connectivity index (χ1) is 7.58. The fourth-order valence-corrected chi connectivity index (χ4v) is 2.36. The highest BCUT2D eigenvalue weighted by Crippen LogP contribution is 2.30. The number of hydrogen-bond donors (Lipinski definition) is 1. The number of thiazole rings is 1. The summed E-state index contributed by atoms with van der Waals surface area (Å²) in [5.74, 6) is -0.351. The van der Waals surface area contributed by atoms with Crippen LogP contribution in [0.5, 0.6) is 0 Å². The van der Waals surface area contributed by atoms with Crippen LogP contribution in [-0.2, 0) is 0 Å². The van der Waals surface area contributed by atoms with Crippen molar-refractivity contribution < 1.29 is 4.39 Å². The molecule has 0 saturated carbocycles. The van der Waals surface area contributed by atoms with Crippen LogP contribution in [0.2, 0.25) is 5.02 Å². The molecule has 0 spiro atoms. The minimum Gasteiger partial charge on any atom is -0.322 e. The summed E-state index contributed by atoms with van der Waals surface area (Å²) in [6.45, 7) is 1.87. The average molecular weight is 257 g/mol. The highest BCUT2D eigenvalue weighted by molar-refractivity contribution is 7.10.